The zero-order chi connectivity index (χ0) is 19.9. The van der Waals surface area contributed by atoms with Crippen LogP contribution in [0.5, 0.6) is 0 Å². The molecule has 1 fully saturated rings. The Labute approximate surface area is 157 Å². The van der Waals surface area contributed by atoms with Gasteiger partial charge in [-0.15, -0.1) is 0 Å². The molecule has 0 aliphatic carbocycles. The predicted molar refractivity (Wildman–Crippen MR) is 88.9 cm³/mol. The van der Waals surface area contributed by atoms with Gasteiger partial charge in [-0.1, -0.05) is 0 Å². The van der Waals surface area contributed by atoms with Gasteiger partial charge in [-0.3, -0.25) is 18.9 Å². The minimum absolute atomic E-state index is 0.0758. The van der Waals surface area contributed by atoms with Gasteiger partial charge in [0, 0.05) is 6.07 Å². The van der Waals surface area contributed by atoms with Gasteiger partial charge in [0.25, 0.3) is 5.56 Å². The number of ether oxygens (including phenoxy) is 1. The van der Waals surface area contributed by atoms with E-state index < -0.39 is 58.0 Å². The lowest BCUT2D eigenvalue weighted by Crippen LogP contribution is -2.39. The first-order valence-electron chi connectivity index (χ1n) is 6.58. The molecular weight excluding hydrogens is 517 g/mol. The van der Waals surface area contributed by atoms with Gasteiger partial charge in [-0.05, 0) is 22.6 Å². The summed E-state index contributed by atoms with van der Waals surface area (Å²) in [5.41, 5.74) is -1.63. The van der Waals surface area contributed by atoms with Crippen LogP contribution in [0.1, 0.15) is 6.23 Å². The van der Waals surface area contributed by atoms with Gasteiger partial charge in [-0.25, -0.2) is 13.9 Å². The molecule has 0 bridgehead atoms. The number of aromatic nitrogens is 2. The number of hydrogen-bond donors (Lipinski definition) is 6. The third-order valence-electron chi connectivity index (χ3n) is 3.13. The van der Waals surface area contributed by atoms with Crippen molar-refractivity contribution in [3.8, 4) is 0 Å². The Morgan fingerprint density at radius 1 is 1.23 bits per heavy atom. The van der Waals surface area contributed by atoms with E-state index >= 15 is 0 Å². The second-order valence-electron chi connectivity index (χ2n) is 5.01. The molecule has 6 N–H and O–H groups in total. The molecule has 0 saturated carbocycles. The fourth-order valence-corrected chi connectivity index (χ4v) is 4.49. The molecule has 14 nitrogen and oxygen atoms in total. The molecule has 1 aliphatic rings. The Morgan fingerprint density at radius 3 is 2.38 bits per heavy atom. The van der Waals surface area contributed by atoms with Crippen molar-refractivity contribution in [3.05, 3.63) is 30.6 Å². The van der Waals surface area contributed by atoms with Crippen molar-refractivity contribution < 1.29 is 47.6 Å². The van der Waals surface area contributed by atoms with Crippen LogP contribution in [0.4, 0.5) is 0 Å². The average Bonchev–Trinajstić information content (AvgIpc) is 2.70. The highest BCUT2D eigenvalue weighted by Crippen LogP contribution is 2.57. The number of halogens is 1. The van der Waals surface area contributed by atoms with Gasteiger partial charge < -0.3 is 29.6 Å². The molecule has 148 valence electrons. The third kappa shape index (κ3) is 5.30. The zero-order valence-electron chi connectivity index (χ0n) is 12.4. The molecule has 0 radical (unpaired) electrons. The smallest absolute Gasteiger partial charge is 0.387 e. The number of aliphatic hydroxyl groups excluding tert-OH is 2. The normalized spacial score (nSPS) is 28.8. The number of rotatable bonds is 6. The third-order valence-corrected chi connectivity index (χ3v) is 6.12. The van der Waals surface area contributed by atoms with Crippen molar-refractivity contribution in [2.75, 3.05) is 6.61 Å². The summed E-state index contributed by atoms with van der Waals surface area (Å²) in [4.78, 5) is 51.3. The van der Waals surface area contributed by atoms with E-state index in [1.54, 1.807) is 22.6 Å². The van der Waals surface area contributed by atoms with Crippen molar-refractivity contribution in [3.63, 3.8) is 0 Å². The van der Waals surface area contributed by atoms with E-state index in [2.05, 4.69) is 8.83 Å². The second kappa shape index (κ2) is 7.89. The maximum absolute atomic E-state index is 11.9. The van der Waals surface area contributed by atoms with E-state index in [4.69, 9.17) is 14.5 Å². The van der Waals surface area contributed by atoms with Gasteiger partial charge in [0.05, 0.1) is 10.3 Å². The molecule has 2 rings (SSSR count). The summed E-state index contributed by atoms with van der Waals surface area (Å²) in [7, 11) is -10.5. The van der Waals surface area contributed by atoms with Gasteiger partial charge in [0.1, 0.15) is 18.3 Å². The first kappa shape index (κ1) is 21.8. The van der Waals surface area contributed by atoms with E-state index in [1.807, 2.05) is 4.98 Å². The molecule has 0 aromatic carbocycles. The molecule has 1 aromatic heterocycles. The lowest BCUT2D eigenvalue weighted by molar-refractivity contribution is -0.0554. The van der Waals surface area contributed by atoms with Gasteiger partial charge in [0.2, 0.25) is 0 Å². The fourth-order valence-electron chi connectivity index (χ4n) is 2.12. The van der Waals surface area contributed by atoms with Crippen LogP contribution in [0.25, 0.3) is 0 Å². The summed E-state index contributed by atoms with van der Waals surface area (Å²) >= 11 is 1.62. The molecule has 5 atom stereocenters. The van der Waals surface area contributed by atoms with E-state index in [9.17, 15) is 33.8 Å². The van der Waals surface area contributed by atoms with E-state index in [-0.39, 0.29) is 3.70 Å². The lowest BCUT2D eigenvalue weighted by atomic mass is 10.1. The van der Waals surface area contributed by atoms with Gasteiger partial charge >= 0.3 is 21.3 Å². The SMILES string of the molecule is O=c1cc(I)n(C2OC(COP(=O)(O)OP(=O)(O)O)C(O)C2O)c(=O)[nH]1. The zero-order valence-corrected chi connectivity index (χ0v) is 16.4. The molecule has 0 spiro atoms. The standard InChI is InChI=1S/C9H13IN2O12P2/c10-4-1-5(13)11-9(16)12(4)8-7(15)6(14)3(23-8)2-22-26(20,21)24-25(17,18)19/h1,3,6-8,14-15H,2H2,(H,20,21)(H,11,13,16)(H2,17,18,19). The quantitative estimate of drug-likeness (QED) is 0.134. The number of hydrogen-bond acceptors (Lipinski definition) is 9. The summed E-state index contributed by atoms with van der Waals surface area (Å²) in [5, 5.41) is 20.0. The van der Waals surface area contributed by atoms with E-state index in [1.165, 1.54) is 0 Å². The van der Waals surface area contributed by atoms with Crippen molar-refractivity contribution in [1.29, 1.82) is 0 Å². The van der Waals surface area contributed by atoms with Crippen molar-refractivity contribution in [1.82, 2.24) is 9.55 Å². The number of H-pyrrole nitrogens is 1. The highest BCUT2D eigenvalue weighted by Gasteiger charge is 2.46. The van der Waals surface area contributed by atoms with Crippen LogP contribution in [0.2, 0.25) is 0 Å². The highest BCUT2D eigenvalue weighted by atomic mass is 127. The van der Waals surface area contributed by atoms with Crippen LogP contribution in [-0.2, 0) is 22.7 Å². The average molecular weight is 530 g/mol. The molecular formula is C9H13IN2O12P2. The molecule has 0 amide bonds. The summed E-state index contributed by atoms with van der Waals surface area (Å²) in [6.45, 7) is -0.906. The fraction of sp³-hybridized carbons (Fsp3) is 0.556. The number of nitrogens with one attached hydrogen (secondary N) is 1. The van der Waals surface area contributed by atoms with Crippen LogP contribution >= 0.6 is 38.2 Å². The maximum atomic E-state index is 11.9. The Kier molecular flexibility index (Phi) is 6.63. The number of phosphoric acid groups is 2. The topological polar surface area (TPSA) is 218 Å². The Morgan fingerprint density at radius 2 is 1.85 bits per heavy atom. The monoisotopic (exact) mass is 530 g/mol. The first-order chi connectivity index (χ1) is 11.8. The molecule has 1 saturated heterocycles. The maximum Gasteiger partial charge on any atom is 0.481 e. The molecule has 2 heterocycles. The summed E-state index contributed by atoms with van der Waals surface area (Å²) < 4.78 is 36.0. The van der Waals surface area contributed by atoms with Crippen LogP contribution in [0, 0.1) is 3.70 Å². The van der Waals surface area contributed by atoms with Crippen molar-refractivity contribution >= 4 is 38.2 Å². The van der Waals surface area contributed by atoms with Crippen LogP contribution in [-0.4, -0.2) is 59.4 Å². The highest BCUT2D eigenvalue weighted by molar-refractivity contribution is 14.1. The summed E-state index contributed by atoms with van der Waals surface area (Å²) in [5.74, 6) is 0. The predicted octanol–water partition coefficient (Wildman–Crippen LogP) is -2.01. The number of nitrogens with zero attached hydrogens (tertiary/aromatic N) is 1. The van der Waals surface area contributed by atoms with Gasteiger partial charge in [0.15, 0.2) is 6.23 Å². The Balaban J connectivity index is 2.16. The molecule has 17 heteroatoms. The lowest BCUT2D eigenvalue weighted by Gasteiger charge is -2.19. The van der Waals surface area contributed by atoms with Crippen LogP contribution in [0.3, 0.4) is 0 Å². The Bertz CT molecular complexity index is 878. The Hall–Kier alpha value is -0.450. The molecule has 5 unspecified atom stereocenters. The van der Waals surface area contributed by atoms with Crippen LogP contribution in [0.15, 0.2) is 15.7 Å². The number of aliphatic hydroxyl groups is 2. The summed E-state index contributed by atoms with van der Waals surface area (Å²) in [6.07, 6.45) is -6.28. The van der Waals surface area contributed by atoms with Gasteiger partial charge in [-0.2, -0.15) is 4.31 Å². The van der Waals surface area contributed by atoms with E-state index in [0.29, 0.717) is 0 Å². The molecule has 1 aliphatic heterocycles. The van der Waals surface area contributed by atoms with Crippen LogP contribution < -0.4 is 11.2 Å². The number of aromatic amines is 1. The first-order valence-corrected chi connectivity index (χ1v) is 10.7. The number of phosphoric ester groups is 1. The van der Waals surface area contributed by atoms with Crippen molar-refractivity contribution in [2.24, 2.45) is 0 Å². The second-order valence-corrected chi connectivity index (χ2v) is 8.95. The summed E-state index contributed by atoms with van der Waals surface area (Å²) in [6, 6.07) is 1.03. The molecule has 1 aromatic rings. The van der Waals surface area contributed by atoms with E-state index in [0.717, 1.165) is 10.6 Å². The molecule has 26 heavy (non-hydrogen) atoms. The minimum Gasteiger partial charge on any atom is -0.387 e. The van der Waals surface area contributed by atoms with Crippen molar-refractivity contribution in [2.45, 2.75) is 24.5 Å². The minimum atomic E-state index is -5.32. The largest absolute Gasteiger partial charge is 0.481 e.